The Morgan fingerprint density at radius 3 is 2.48 bits per heavy atom. The van der Waals surface area contributed by atoms with Gasteiger partial charge < -0.3 is 14.5 Å². The van der Waals surface area contributed by atoms with Crippen LogP contribution in [0.3, 0.4) is 0 Å². The Balaban J connectivity index is 1.33. The van der Waals surface area contributed by atoms with Crippen LogP contribution >= 0.6 is 23.2 Å². The Morgan fingerprint density at radius 2 is 1.73 bits per heavy atom. The van der Waals surface area contributed by atoms with Crippen LogP contribution in [-0.4, -0.2) is 18.0 Å². The first-order chi connectivity index (χ1) is 16.0. The van der Waals surface area contributed by atoms with Gasteiger partial charge in [0.1, 0.15) is 17.6 Å². The highest BCUT2D eigenvalue weighted by atomic mass is 35.5. The van der Waals surface area contributed by atoms with E-state index in [0.717, 1.165) is 25.7 Å². The number of amides is 1. The molecule has 4 rings (SSSR count). The lowest BCUT2D eigenvalue weighted by molar-refractivity contribution is -0.111. The maximum Gasteiger partial charge on any atom is 0.338 e. The second kappa shape index (κ2) is 10.7. The fourth-order valence-corrected chi connectivity index (χ4v) is 4.11. The summed E-state index contributed by atoms with van der Waals surface area (Å²) < 4.78 is 11.3. The number of rotatable bonds is 6. The van der Waals surface area contributed by atoms with E-state index in [1.807, 2.05) is 6.07 Å². The van der Waals surface area contributed by atoms with E-state index in [1.165, 1.54) is 12.5 Å². The van der Waals surface area contributed by atoms with Gasteiger partial charge in [-0.15, -0.1) is 0 Å². The van der Waals surface area contributed by atoms with Crippen LogP contribution in [0.2, 0.25) is 10.0 Å². The van der Waals surface area contributed by atoms with E-state index in [4.69, 9.17) is 32.4 Å². The number of ether oxygens (including phenoxy) is 1. The summed E-state index contributed by atoms with van der Waals surface area (Å²) in [5, 5.41) is 3.61. The Labute approximate surface area is 202 Å². The normalized spacial score (nSPS) is 14.4. The molecule has 2 aromatic carbocycles. The van der Waals surface area contributed by atoms with Crippen LogP contribution in [0.15, 0.2) is 65.1 Å². The molecule has 0 atom stereocenters. The summed E-state index contributed by atoms with van der Waals surface area (Å²) >= 11 is 12.3. The van der Waals surface area contributed by atoms with Crippen LogP contribution in [0.4, 0.5) is 5.69 Å². The van der Waals surface area contributed by atoms with Crippen molar-refractivity contribution in [2.75, 3.05) is 5.32 Å². The first-order valence-electron chi connectivity index (χ1n) is 10.8. The molecule has 1 aliphatic rings. The minimum Gasteiger partial charge on any atom is -0.459 e. The number of carbonyl (C=O) groups excluding carboxylic acids is 2. The van der Waals surface area contributed by atoms with Gasteiger partial charge in [-0.05, 0) is 80.3 Å². The molecule has 170 valence electrons. The molecule has 0 radical (unpaired) electrons. The summed E-state index contributed by atoms with van der Waals surface area (Å²) in [5.41, 5.74) is 1.72. The van der Waals surface area contributed by atoms with Gasteiger partial charge in [0.2, 0.25) is 5.91 Å². The largest absolute Gasteiger partial charge is 0.459 e. The summed E-state index contributed by atoms with van der Waals surface area (Å²) in [6, 6.07) is 15.5. The van der Waals surface area contributed by atoms with Crippen LogP contribution < -0.4 is 5.32 Å². The van der Waals surface area contributed by atoms with Crippen LogP contribution in [0, 0.1) is 0 Å². The Kier molecular flexibility index (Phi) is 7.53. The first-order valence-corrected chi connectivity index (χ1v) is 11.6. The molecule has 1 fully saturated rings. The van der Waals surface area contributed by atoms with Crippen LogP contribution in [0.1, 0.15) is 48.2 Å². The molecule has 33 heavy (non-hydrogen) atoms. The highest BCUT2D eigenvalue weighted by Gasteiger charge is 2.18. The fraction of sp³-hybridized carbons (Fsp3) is 0.231. The molecule has 0 saturated heterocycles. The van der Waals surface area contributed by atoms with Gasteiger partial charge in [-0.25, -0.2) is 4.79 Å². The summed E-state index contributed by atoms with van der Waals surface area (Å²) in [6.45, 7) is 0. The molecule has 0 aliphatic heterocycles. The predicted molar refractivity (Wildman–Crippen MR) is 131 cm³/mol. The number of carbonyl (C=O) groups is 2. The summed E-state index contributed by atoms with van der Waals surface area (Å²) in [5.74, 6) is 0.398. The van der Waals surface area contributed by atoms with Crippen molar-refractivity contribution in [2.45, 2.75) is 38.2 Å². The van der Waals surface area contributed by atoms with Gasteiger partial charge in [0.05, 0.1) is 15.6 Å². The highest BCUT2D eigenvalue weighted by Crippen LogP contribution is 2.34. The van der Waals surface area contributed by atoms with E-state index < -0.39 is 0 Å². The maximum absolute atomic E-state index is 12.3. The minimum absolute atomic E-state index is 0.00721. The lowest BCUT2D eigenvalue weighted by Crippen LogP contribution is -2.20. The number of halogens is 2. The smallest absolute Gasteiger partial charge is 0.338 e. The summed E-state index contributed by atoms with van der Waals surface area (Å²) in [7, 11) is 0. The second-order valence-electron chi connectivity index (χ2n) is 7.87. The number of nitrogens with one attached hydrogen (secondary N) is 1. The van der Waals surface area contributed by atoms with Gasteiger partial charge in [0, 0.05) is 17.3 Å². The van der Waals surface area contributed by atoms with Crippen molar-refractivity contribution in [2.24, 2.45) is 0 Å². The van der Waals surface area contributed by atoms with Crippen molar-refractivity contribution < 1.29 is 18.7 Å². The fourth-order valence-electron chi connectivity index (χ4n) is 3.72. The van der Waals surface area contributed by atoms with Crippen molar-refractivity contribution in [3.63, 3.8) is 0 Å². The lowest BCUT2D eigenvalue weighted by Gasteiger charge is -2.21. The van der Waals surface area contributed by atoms with E-state index >= 15 is 0 Å². The predicted octanol–water partition coefficient (Wildman–Crippen LogP) is 7.39. The molecule has 5 nitrogen and oxygen atoms in total. The number of anilines is 1. The van der Waals surface area contributed by atoms with E-state index in [0.29, 0.717) is 38.4 Å². The average Bonchev–Trinajstić information content (AvgIpc) is 3.29. The molecule has 0 spiro atoms. The standard InChI is InChI=1S/C26H23Cl2NO4/c27-22-8-4-7-21(25(22)28)23-15-13-20(32-23)14-16-24(30)29-18-11-9-17(10-12-18)26(31)33-19-5-2-1-3-6-19/h4,7-16,19H,1-3,5-6H2,(H,29,30)/b16-14+. The Hall–Kier alpha value is -3.02. The number of benzene rings is 2. The quantitative estimate of drug-likeness (QED) is 0.293. The van der Waals surface area contributed by atoms with E-state index in [2.05, 4.69) is 5.32 Å². The Morgan fingerprint density at radius 1 is 0.970 bits per heavy atom. The molecule has 0 bridgehead atoms. The van der Waals surface area contributed by atoms with E-state index in [9.17, 15) is 9.59 Å². The summed E-state index contributed by atoms with van der Waals surface area (Å²) in [6.07, 6.45) is 8.20. The van der Waals surface area contributed by atoms with Gasteiger partial charge in [-0.3, -0.25) is 4.79 Å². The monoisotopic (exact) mass is 483 g/mol. The lowest BCUT2D eigenvalue weighted by atomic mass is 9.98. The zero-order chi connectivity index (χ0) is 23.2. The molecule has 3 aromatic rings. The van der Waals surface area contributed by atoms with Gasteiger partial charge in [0.25, 0.3) is 0 Å². The van der Waals surface area contributed by atoms with E-state index in [1.54, 1.807) is 54.6 Å². The third-order valence-corrected chi connectivity index (χ3v) is 6.28. The van der Waals surface area contributed by atoms with E-state index in [-0.39, 0.29) is 18.0 Å². The van der Waals surface area contributed by atoms with Gasteiger partial charge in [0.15, 0.2) is 0 Å². The minimum atomic E-state index is -0.328. The molecule has 1 heterocycles. The van der Waals surface area contributed by atoms with Gasteiger partial charge in [-0.1, -0.05) is 35.7 Å². The molecular weight excluding hydrogens is 461 g/mol. The van der Waals surface area contributed by atoms with Gasteiger partial charge in [-0.2, -0.15) is 0 Å². The second-order valence-corrected chi connectivity index (χ2v) is 8.65. The molecule has 1 N–H and O–H groups in total. The van der Waals surface area contributed by atoms with Crippen molar-refractivity contribution in [1.29, 1.82) is 0 Å². The molecule has 1 amide bonds. The highest BCUT2D eigenvalue weighted by molar-refractivity contribution is 6.43. The number of esters is 1. The molecule has 0 unspecified atom stereocenters. The van der Waals surface area contributed by atoms with Crippen molar-refractivity contribution >= 4 is 46.8 Å². The summed E-state index contributed by atoms with van der Waals surface area (Å²) in [4.78, 5) is 24.6. The SMILES string of the molecule is O=C(/C=C/c1ccc(-c2cccc(Cl)c2Cl)o1)Nc1ccc(C(=O)OC2CCCCC2)cc1. The third-order valence-electron chi connectivity index (χ3n) is 5.46. The van der Waals surface area contributed by atoms with Crippen molar-refractivity contribution in [3.8, 4) is 11.3 Å². The number of furan rings is 1. The van der Waals surface area contributed by atoms with Crippen LogP contribution in [-0.2, 0) is 9.53 Å². The topological polar surface area (TPSA) is 68.5 Å². The third kappa shape index (κ3) is 6.06. The molecule has 1 aliphatic carbocycles. The molecule has 1 aromatic heterocycles. The van der Waals surface area contributed by atoms with Crippen molar-refractivity contribution in [3.05, 3.63) is 82.0 Å². The molecule has 7 heteroatoms. The molecular formula is C26H23Cl2NO4. The average molecular weight is 484 g/mol. The van der Waals surface area contributed by atoms with Gasteiger partial charge >= 0.3 is 5.97 Å². The zero-order valence-corrected chi connectivity index (χ0v) is 19.4. The number of hydrogen-bond donors (Lipinski definition) is 1. The van der Waals surface area contributed by atoms with Crippen molar-refractivity contribution in [1.82, 2.24) is 0 Å². The molecule has 1 saturated carbocycles. The first kappa shape index (κ1) is 23.1. The van der Waals surface area contributed by atoms with Crippen LogP contribution in [0.25, 0.3) is 17.4 Å². The maximum atomic E-state index is 12.3. The van der Waals surface area contributed by atoms with Crippen LogP contribution in [0.5, 0.6) is 0 Å². The zero-order valence-electron chi connectivity index (χ0n) is 17.9. The number of hydrogen-bond acceptors (Lipinski definition) is 4. The Bertz CT molecular complexity index is 1160.